The lowest BCUT2D eigenvalue weighted by Crippen LogP contribution is -2.35. The summed E-state index contributed by atoms with van der Waals surface area (Å²) in [5.74, 6) is -0.886. The van der Waals surface area contributed by atoms with Crippen LogP contribution in [0.15, 0.2) is 18.3 Å². The van der Waals surface area contributed by atoms with Crippen molar-refractivity contribution >= 4 is 11.9 Å². The van der Waals surface area contributed by atoms with Crippen LogP contribution in [0.3, 0.4) is 0 Å². The number of carbonyl (C=O) groups is 2. The first-order valence-corrected chi connectivity index (χ1v) is 6.34. The first-order chi connectivity index (χ1) is 8.92. The highest BCUT2D eigenvalue weighted by atomic mass is 16.4. The van der Waals surface area contributed by atoms with Gasteiger partial charge in [0.05, 0.1) is 17.5 Å². The van der Waals surface area contributed by atoms with Crippen LogP contribution in [-0.2, 0) is 16.0 Å². The molecular formula is C14H18N2O3. The van der Waals surface area contributed by atoms with Crippen molar-refractivity contribution < 1.29 is 14.7 Å². The molecule has 5 heteroatoms. The van der Waals surface area contributed by atoms with Crippen LogP contribution in [0, 0.1) is 12.3 Å². The van der Waals surface area contributed by atoms with E-state index in [-0.39, 0.29) is 18.9 Å². The summed E-state index contributed by atoms with van der Waals surface area (Å²) in [5.41, 5.74) is 0.932. The van der Waals surface area contributed by atoms with E-state index in [1.807, 2.05) is 19.1 Å². The summed E-state index contributed by atoms with van der Waals surface area (Å²) >= 11 is 0. The molecule has 0 aliphatic carbocycles. The van der Waals surface area contributed by atoms with Gasteiger partial charge < -0.3 is 10.0 Å². The standard InChI is InChI=1S/C14H18N2O3/c1-10-4-3-6-15-11(10)8-12(17)16-7-5-14(2,9-16)13(18)19/h3-4,6H,5,7-9H2,1-2H3,(H,18,19). The van der Waals surface area contributed by atoms with E-state index in [0.717, 1.165) is 11.3 Å². The van der Waals surface area contributed by atoms with Crippen molar-refractivity contribution in [1.29, 1.82) is 0 Å². The molecule has 1 unspecified atom stereocenters. The summed E-state index contributed by atoms with van der Waals surface area (Å²) in [6.45, 7) is 4.40. The molecule has 0 aromatic carbocycles. The van der Waals surface area contributed by atoms with Crippen molar-refractivity contribution in [3.8, 4) is 0 Å². The quantitative estimate of drug-likeness (QED) is 0.890. The second-order valence-electron chi connectivity index (χ2n) is 5.37. The Labute approximate surface area is 112 Å². The highest BCUT2D eigenvalue weighted by Crippen LogP contribution is 2.30. The fourth-order valence-electron chi connectivity index (χ4n) is 2.31. The monoisotopic (exact) mass is 262 g/mol. The van der Waals surface area contributed by atoms with Crippen molar-refractivity contribution in [3.05, 3.63) is 29.6 Å². The number of carboxylic acids is 1. The number of pyridine rings is 1. The number of carbonyl (C=O) groups excluding carboxylic acids is 1. The number of hydrogen-bond donors (Lipinski definition) is 1. The molecule has 1 aromatic heterocycles. The molecule has 0 saturated carbocycles. The number of amides is 1. The summed E-state index contributed by atoms with van der Waals surface area (Å²) < 4.78 is 0. The predicted octanol–water partition coefficient (Wildman–Crippen LogP) is 1.26. The molecule has 1 aliphatic rings. The van der Waals surface area contributed by atoms with Crippen molar-refractivity contribution in [2.75, 3.05) is 13.1 Å². The van der Waals surface area contributed by atoms with Gasteiger partial charge >= 0.3 is 5.97 Å². The van der Waals surface area contributed by atoms with Crippen molar-refractivity contribution in [1.82, 2.24) is 9.88 Å². The second-order valence-corrected chi connectivity index (χ2v) is 5.37. The van der Waals surface area contributed by atoms with Gasteiger partial charge in [0.25, 0.3) is 0 Å². The van der Waals surface area contributed by atoms with E-state index >= 15 is 0 Å². The Hall–Kier alpha value is -1.91. The number of carboxylic acid groups (broad SMARTS) is 1. The molecule has 0 radical (unpaired) electrons. The third-order valence-electron chi connectivity index (χ3n) is 3.78. The summed E-state index contributed by atoms with van der Waals surface area (Å²) in [6.07, 6.45) is 2.42. The van der Waals surface area contributed by atoms with Gasteiger partial charge in [0.2, 0.25) is 5.91 Å². The molecule has 102 valence electrons. The van der Waals surface area contributed by atoms with Crippen LogP contribution >= 0.6 is 0 Å². The Morgan fingerprint density at radius 2 is 2.26 bits per heavy atom. The van der Waals surface area contributed by atoms with E-state index in [4.69, 9.17) is 5.11 Å². The maximum absolute atomic E-state index is 12.2. The highest BCUT2D eigenvalue weighted by molar-refractivity contribution is 5.81. The first-order valence-electron chi connectivity index (χ1n) is 6.34. The van der Waals surface area contributed by atoms with Gasteiger partial charge in [-0.2, -0.15) is 0 Å². The Balaban J connectivity index is 2.03. The highest BCUT2D eigenvalue weighted by Gasteiger charge is 2.42. The number of likely N-dealkylation sites (tertiary alicyclic amines) is 1. The third-order valence-corrected chi connectivity index (χ3v) is 3.78. The smallest absolute Gasteiger partial charge is 0.311 e. The van der Waals surface area contributed by atoms with Gasteiger partial charge in [-0.1, -0.05) is 6.07 Å². The minimum Gasteiger partial charge on any atom is -0.481 e. The van der Waals surface area contributed by atoms with Crippen LogP contribution in [0.4, 0.5) is 0 Å². The van der Waals surface area contributed by atoms with E-state index in [0.29, 0.717) is 13.0 Å². The molecule has 19 heavy (non-hydrogen) atoms. The number of aromatic nitrogens is 1. The number of aliphatic carboxylic acids is 1. The van der Waals surface area contributed by atoms with Gasteiger partial charge in [0.15, 0.2) is 0 Å². The average Bonchev–Trinajstić information content (AvgIpc) is 2.76. The zero-order valence-electron chi connectivity index (χ0n) is 11.2. The number of aryl methyl sites for hydroxylation is 1. The Morgan fingerprint density at radius 1 is 1.53 bits per heavy atom. The fraction of sp³-hybridized carbons (Fsp3) is 0.500. The van der Waals surface area contributed by atoms with Crippen molar-refractivity contribution in [3.63, 3.8) is 0 Å². The molecule has 5 nitrogen and oxygen atoms in total. The van der Waals surface area contributed by atoms with E-state index in [1.165, 1.54) is 0 Å². The van der Waals surface area contributed by atoms with Gasteiger partial charge in [-0.15, -0.1) is 0 Å². The summed E-state index contributed by atoms with van der Waals surface area (Å²) in [6, 6.07) is 3.75. The summed E-state index contributed by atoms with van der Waals surface area (Å²) in [7, 11) is 0. The normalized spacial score (nSPS) is 22.5. The van der Waals surface area contributed by atoms with Crippen LogP contribution in [0.2, 0.25) is 0 Å². The third kappa shape index (κ3) is 2.75. The molecule has 0 spiro atoms. The SMILES string of the molecule is Cc1cccnc1CC(=O)N1CCC(C)(C(=O)O)C1. The topological polar surface area (TPSA) is 70.5 Å². The van der Waals surface area contributed by atoms with Crippen LogP contribution in [-0.4, -0.2) is 40.0 Å². The Bertz CT molecular complexity index is 515. The van der Waals surface area contributed by atoms with Crippen LogP contribution in [0.1, 0.15) is 24.6 Å². The molecule has 0 bridgehead atoms. The van der Waals surface area contributed by atoms with Crippen LogP contribution in [0.25, 0.3) is 0 Å². The van der Waals surface area contributed by atoms with Gasteiger partial charge in [-0.3, -0.25) is 14.6 Å². The molecule has 1 aromatic rings. The van der Waals surface area contributed by atoms with E-state index < -0.39 is 11.4 Å². The van der Waals surface area contributed by atoms with E-state index in [1.54, 1.807) is 18.0 Å². The zero-order valence-corrected chi connectivity index (χ0v) is 11.2. The molecule has 2 rings (SSSR count). The Morgan fingerprint density at radius 3 is 2.84 bits per heavy atom. The number of hydrogen-bond acceptors (Lipinski definition) is 3. The van der Waals surface area contributed by atoms with Gasteiger partial charge in [0.1, 0.15) is 0 Å². The molecular weight excluding hydrogens is 244 g/mol. The largest absolute Gasteiger partial charge is 0.481 e. The lowest BCUT2D eigenvalue weighted by atomic mass is 9.90. The second kappa shape index (κ2) is 4.99. The van der Waals surface area contributed by atoms with Crippen LogP contribution in [0.5, 0.6) is 0 Å². The molecule has 1 saturated heterocycles. The van der Waals surface area contributed by atoms with Gasteiger partial charge in [0, 0.05) is 19.3 Å². The van der Waals surface area contributed by atoms with Crippen molar-refractivity contribution in [2.24, 2.45) is 5.41 Å². The van der Waals surface area contributed by atoms with E-state index in [9.17, 15) is 9.59 Å². The molecule has 1 amide bonds. The summed E-state index contributed by atoms with van der Waals surface area (Å²) in [5, 5.41) is 9.16. The van der Waals surface area contributed by atoms with Crippen molar-refractivity contribution in [2.45, 2.75) is 26.7 Å². The molecule has 1 fully saturated rings. The average molecular weight is 262 g/mol. The first kappa shape index (κ1) is 13.5. The number of rotatable bonds is 3. The maximum atomic E-state index is 12.2. The van der Waals surface area contributed by atoms with E-state index in [2.05, 4.69) is 4.98 Å². The fourth-order valence-corrected chi connectivity index (χ4v) is 2.31. The predicted molar refractivity (Wildman–Crippen MR) is 69.6 cm³/mol. The molecule has 1 aliphatic heterocycles. The zero-order chi connectivity index (χ0) is 14.0. The van der Waals surface area contributed by atoms with Crippen LogP contribution < -0.4 is 0 Å². The molecule has 2 heterocycles. The Kier molecular flexibility index (Phi) is 3.55. The number of nitrogens with zero attached hydrogens (tertiary/aromatic N) is 2. The lowest BCUT2D eigenvalue weighted by molar-refractivity contribution is -0.147. The summed E-state index contributed by atoms with van der Waals surface area (Å²) in [4.78, 5) is 29.1. The maximum Gasteiger partial charge on any atom is 0.311 e. The van der Waals surface area contributed by atoms with Gasteiger partial charge in [-0.05, 0) is 31.9 Å². The molecule has 1 N–H and O–H groups in total. The minimum absolute atomic E-state index is 0.0493. The lowest BCUT2D eigenvalue weighted by Gasteiger charge is -2.20. The van der Waals surface area contributed by atoms with Gasteiger partial charge in [-0.25, -0.2) is 0 Å². The molecule has 1 atom stereocenters. The minimum atomic E-state index is -0.836.